The number of hydrogen-bond acceptors (Lipinski definition) is 4. The molecule has 3 aromatic carbocycles. The Morgan fingerprint density at radius 3 is 2.06 bits per heavy atom. The van der Waals surface area contributed by atoms with E-state index in [9.17, 15) is 14.4 Å². The standard InChI is InChI=1S/C27H26N2O5/c1-29(16-26(31)32)25(30)14-18-8-2-3-9-19(18)15-28-27(33)34-17-24-22-12-6-4-10-20(22)21-11-5-7-13-23(21)24/h2-13,24H,14-17H2,1H3,(H,28,33)(H,31,32). The summed E-state index contributed by atoms with van der Waals surface area (Å²) in [4.78, 5) is 36.8. The number of hydrogen-bond donors (Lipinski definition) is 2. The first kappa shape index (κ1) is 23.0. The fraction of sp³-hybridized carbons (Fsp3) is 0.222. The van der Waals surface area contributed by atoms with Crippen LogP contribution in [0, 0.1) is 0 Å². The Kier molecular flexibility index (Phi) is 6.92. The molecular weight excluding hydrogens is 432 g/mol. The van der Waals surface area contributed by atoms with Gasteiger partial charge in [-0.2, -0.15) is 0 Å². The number of fused-ring (bicyclic) bond motifs is 3. The summed E-state index contributed by atoms with van der Waals surface area (Å²) in [6.45, 7) is 0.0573. The topological polar surface area (TPSA) is 95.9 Å². The minimum atomic E-state index is -1.07. The molecule has 0 saturated heterocycles. The number of alkyl carbamates (subject to hydrolysis) is 1. The number of aliphatic carboxylic acids is 1. The summed E-state index contributed by atoms with van der Waals surface area (Å²) >= 11 is 0. The molecule has 0 aromatic heterocycles. The molecule has 0 spiro atoms. The van der Waals surface area contributed by atoms with Crippen LogP contribution in [0.25, 0.3) is 11.1 Å². The first-order chi connectivity index (χ1) is 16.4. The molecule has 0 unspecified atom stereocenters. The van der Waals surface area contributed by atoms with Crippen LogP contribution in [-0.4, -0.2) is 48.2 Å². The third-order valence-corrected chi connectivity index (χ3v) is 6.03. The van der Waals surface area contributed by atoms with Gasteiger partial charge >= 0.3 is 12.1 Å². The van der Waals surface area contributed by atoms with E-state index in [2.05, 4.69) is 29.6 Å². The van der Waals surface area contributed by atoms with Crippen LogP contribution in [0.5, 0.6) is 0 Å². The predicted octanol–water partition coefficient (Wildman–Crippen LogP) is 3.81. The second-order valence-corrected chi connectivity index (χ2v) is 8.27. The van der Waals surface area contributed by atoms with E-state index in [-0.39, 0.29) is 37.9 Å². The van der Waals surface area contributed by atoms with Crippen molar-refractivity contribution in [1.82, 2.24) is 10.2 Å². The molecule has 0 saturated carbocycles. The summed E-state index contributed by atoms with van der Waals surface area (Å²) in [6, 6.07) is 23.5. The van der Waals surface area contributed by atoms with E-state index in [1.165, 1.54) is 18.2 Å². The number of carboxylic acids is 1. The highest BCUT2D eigenvalue weighted by Crippen LogP contribution is 2.44. The largest absolute Gasteiger partial charge is 0.480 e. The second-order valence-electron chi connectivity index (χ2n) is 8.27. The molecule has 0 radical (unpaired) electrons. The van der Waals surface area contributed by atoms with Crippen LogP contribution in [0.3, 0.4) is 0 Å². The fourth-order valence-corrected chi connectivity index (χ4v) is 4.31. The number of ether oxygens (including phenoxy) is 1. The Morgan fingerprint density at radius 2 is 1.44 bits per heavy atom. The van der Waals surface area contributed by atoms with Crippen molar-refractivity contribution in [3.05, 3.63) is 95.1 Å². The van der Waals surface area contributed by atoms with Gasteiger partial charge in [0.05, 0.1) is 6.42 Å². The van der Waals surface area contributed by atoms with Gasteiger partial charge in [-0.1, -0.05) is 72.8 Å². The van der Waals surface area contributed by atoms with Crippen molar-refractivity contribution in [3.63, 3.8) is 0 Å². The summed E-state index contributed by atoms with van der Waals surface area (Å²) in [5, 5.41) is 11.6. The lowest BCUT2D eigenvalue weighted by atomic mass is 9.98. The molecule has 1 aliphatic carbocycles. The van der Waals surface area contributed by atoms with Crippen molar-refractivity contribution >= 4 is 18.0 Å². The van der Waals surface area contributed by atoms with Crippen molar-refractivity contribution in [2.24, 2.45) is 0 Å². The van der Waals surface area contributed by atoms with Gasteiger partial charge in [0.15, 0.2) is 0 Å². The molecule has 34 heavy (non-hydrogen) atoms. The Morgan fingerprint density at radius 1 is 0.882 bits per heavy atom. The predicted molar refractivity (Wildman–Crippen MR) is 127 cm³/mol. The van der Waals surface area contributed by atoms with Gasteiger partial charge in [0.1, 0.15) is 13.2 Å². The van der Waals surface area contributed by atoms with Gasteiger partial charge in [-0.3, -0.25) is 9.59 Å². The van der Waals surface area contributed by atoms with Gasteiger partial charge in [-0.15, -0.1) is 0 Å². The van der Waals surface area contributed by atoms with E-state index in [1.54, 1.807) is 12.1 Å². The molecule has 1 aliphatic rings. The Bertz CT molecular complexity index is 1180. The maximum Gasteiger partial charge on any atom is 0.407 e. The van der Waals surface area contributed by atoms with E-state index < -0.39 is 12.1 Å². The smallest absolute Gasteiger partial charge is 0.407 e. The van der Waals surface area contributed by atoms with E-state index in [0.717, 1.165) is 27.2 Å². The summed E-state index contributed by atoms with van der Waals surface area (Å²) in [5.74, 6) is -1.40. The van der Waals surface area contributed by atoms with Gasteiger partial charge in [0.25, 0.3) is 0 Å². The average Bonchev–Trinajstić information content (AvgIpc) is 3.15. The lowest BCUT2D eigenvalue weighted by Gasteiger charge is -2.17. The number of benzene rings is 3. The number of amides is 2. The first-order valence-electron chi connectivity index (χ1n) is 11.1. The number of rotatable bonds is 8. The highest BCUT2D eigenvalue weighted by Gasteiger charge is 2.29. The Labute approximate surface area is 198 Å². The molecule has 174 valence electrons. The Hall–Kier alpha value is -4.13. The molecule has 0 heterocycles. The van der Waals surface area contributed by atoms with Crippen LogP contribution < -0.4 is 5.32 Å². The summed E-state index contributed by atoms with van der Waals surface area (Å²) in [7, 11) is 1.45. The van der Waals surface area contributed by atoms with Crippen molar-refractivity contribution < 1.29 is 24.2 Å². The maximum absolute atomic E-state index is 12.5. The molecule has 0 fully saturated rings. The van der Waals surface area contributed by atoms with Gasteiger partial charge in [-0.25, -0.2) is 4.79 Å². The van der Waals surface area contributed by atoms with Crippen molar-refractivity contribution in [2.45, 2.75) is 18.9 Å². The van der Waals surface area contributed by atoms with E-state index >= 15 is 0 Å². The summed E-state index contributed by atoms with van der Waals surface area (Å²) < 4.78 is 5.57. The third kappa shape index (κ3) is 5.09. The van der Waals surface area contributed by atoms with Crippen LogP contribution in [0.2, 0.25) is 0 Å². The van der Waals surface area contributed by atoms with Gasteiger partial charge in [-0.05, 0) is 33.4 Å². The fourth-order valence-electron chi connectivity index (χ4n) is 4.31. The van der Waals surface area contributed by atoms with Crippen LogP contribution in [0.15, 0.2) is 72.8 Å². The molecule has 7 nitrogen and oxygen atoms in total. The van der Waals surface area contributed by atoms with Crippen LogP contribution in [-0.2, 0) is 27.3 Å². The number of nitrogens with zero attached hydrogens (tertiary/aromatic N) is 1. The zero-order valence-corrected chi connectivity index (χ0v) is 18.9. The summed E-state index contributed by atoms with van der Waals surface area (Å²) in [5.41, 5.74) is 6.12. The monoisotopic (exact) mass is 458 g/mol. The molecule has 4 rings (SSSR count). The SMILES string of the molecule is CN(CC(=O)O)C(=O)Cc1ccccc1CNC(=O)OCC1c2ccccc2-c2ccccc21. The van der Waals surface area contributed by atoms with Gasteiger partial charge in [0, 0.05) is 19.5 Å². The molecule has 0 bridgehead atoms. The van der Waals surface area contributed by atoms with Crippen molar-refractivity contribution in [2.75, 3.05) is 20.2 Å². The van der Waals surface area contributed by atoms with Crippen molar-refractivity contribution in [3.8, 4) is 11.1 Å². The van der Waals surface area contributed by atoms with Gasteiger partial charge < -0.3 is 20.1 Å². The lowest BCUT2D eigenvalue weighted by Crippen LogP contribution is -2.33. The first-order valence-corrected chi connectivity index (χ1v) is 11.1. The number of carboxylic acid groups (broad SMARTS) is 1. The highest BCUT2D eigenvalue weighted by atomic mass is 16.5. The van der Waals surface area contributed by atoms with Gasteiger partial charge in [0.2, 0.25) is 5.91 Å². The second kappa shape index (κ2) is 10.2. The average molecular weight is 459 g/mol. The molecule has 7 heteroatoms. The van der Waals surface area contributed by atoms with E-state index in [4.69, 9.17) is 9.84 Å². The summed E-state index contributed by atoms with van der Waals surface area (Å²) in [6.07, 6.45) is -0.488. The zero-order chi connectivity index (χ0) is 24.1. The Balaban J connectivity index is 1.36. The quantitative estimate of drug-likeness (QED) is 0.535. The number of nitrogens with one attached hydrogen (secondary N) is 1. The number of likely N-dealkylation sites (N-methyl/N-ethyl adjacent to an activating group) is 1. The maximum atomic E-state index is 12.5. The van der Waals surface area contributed by atoms with E-state index in [1.807, 2.05) is 36.4 Å². The minimum absolute atomic E-state index is 0.0205. The van der Waals surface area contributed by atoms with Crippen LogP contribution >= 0.6 is 0 Å². The minimum Gasteiger partial charge on any atom is -0.480 e. The lowest BCUT2D eigenvalue weighted by molar-refractivity contribution is -0.143. The van der Waals surface area contributed by atoms with Crippen LogP contribution in [0.4, 0.5) is 4.79 Å². The number of carbonyl (C=O) groups is 3. The number of carbonyl (C=O) groups excluding carboxylic acids is 2. The van der Waals surface area contributed by atoms with Crippen LogP contribution in [0.1, 0.15) is 28.2 Å². The molecule has 2 N–H and O–H groups in total. The highest BCUT2D eigenvalue weighted by molar-refractivity contribution is 5.83. The molecule has 0 aliphatic heterocycles. The van der Waals surface area contributed by atoms with Crippen molar-refractivity contribution in [1.29, 1.82) is 0 Å². The molecule has 2 amide bonds. The van der Waals surface area contributed by atoms with E-state index in [0.29, 0.717) is 0 Å². The third-order valence-electron chi connectivity index (χ3n) is 6.03. The molecular formula is C27H26N2O5. The molecule has 3 aromatic rings. The normalized spacial score (nSPS) is 11.9. The molecule has 0 atom stereocenters. The zero-order valence-electron chi connectivity index (χ0n) is 18.9.